The molecule has 0 amide bonds. The Morgan fingerprint density at radius 1 is 1.34 bits per heavy atom. The number of rotatable bonds is 6. The molecule has 1 unspecified atom stereocenters. The molecule has 0 saturated carbocycles. The van der Waals surface area contributed by atoms with E-state index in [9.17, 15) is 9.59 Å². The summed E-state index contributed by atoms with van der Waals surface area (Å²) < 4.78 is 11.9. The number of carbonyl (C=O) groups excluding carboxylic acids is 2. The number of carbonyl (C=O) groups is 2. The monoisotopic (exact) mass is 488 g/mol. The number of hydrogen-bond acceptors (Lipinski definition) is 6. The molecule has 0 spiro atoms. The number of nitrogens with zero attached hydrogens (tertiary/aromatic N) is 2. The van der Waals surface area contributed by atoms with Crippen LogP contribution in [0, 0.1) is 5.41 Å². The van der Waals surface area contributed by atoms with Gasteiger partial charge in [-0.3, -0.25) is 4.79 Å². The largest absolute Gasteiger partial charge is 0.464 e. The van der Waals surface area contributed by atoms with Crippen molar-refractivity contribution < 1.29 is 19.1 Å². The molecule has 162 valence electrons. The zero-order chi connectivity index (χ0) is 22.0. The van der Waals surface area contributed by atoms with Crippen LogP contribution in [0.4, 0.5) is 5.69 Å². The van der Waals surface area contributed by atoms with E-state index < -0.39 is 17.7 Å². The van der Waals surface area contributed by atoms with Crippen molar-refractivity contribution >= 4 is 45.5 Å². The number of ether oxygens (including phenoxy) is 2. The van der Waals surface area contributed by atoms with Gasteiger partial charge < -0.3 is 14.4 Å². The van der Waals surface area contributed by atoms with E-state index >= 15 is 0 Å². The number of pyridine rings is 1. The maximum Gasteiger partial charge on any atom is 0.340 e. The summed E-state index contributed by atoms with van der Waals surface area (Å²) in [6, 6.07) is 0. The summed E-state index contributed by atoms with van der Waals surface area (Å²) in [6.45, 7) is 13.5. The fourth-order valence-electron chi connectivity index (χ4n) is 3.30. The minimum Gasteiger partial charge on any atom is -0.464 e. The van der Waals surface area contributed by atoms with Crippen LogP contribution >= 0.6 is 27.5 Å². The van der Waals surface area contributed by atoms with Crippen molar-refractivity contribution in [3.05, 3.63) is 20.9 Å². The van der Waals surface area contributed by atoms with E-state index in [1.807, 2.05) is 20.8 Å². The lowest BCUT2D eigenvalue weighted by Crippen LogP contribution is -2.39. The molecule has 0 N–H and O–H groups in total. The normalized spacial score (nSPS) is 17.7. The summed E-state index contributed by atoms with van der Waals surface area (Å²) in [4.78, 5) is 30.8. The van der Waals surface area contributed by atoms with Gasteiger partial charge in [0.2, 0.25) is 0 Å². The average molecular weight is 490 g/mol. The minimum atomic E-state index is -1.06. The second kappa shape index (κ2) is 9.31. The Hall–Kier alpha value is -1.18. The van der Waals surface area contributed by atoms with Crippen molar-refractivity contribution in [2.45, 2.75) is 66.1 Å². The predicted octanol–water partition coefficient (Wildman–Crippen LogP) is 5.36. The molecule has 6 nitrogen and oxygen atoms in total. The highest BCUT2D eigenvalue weighted by Crippen LogP contribution is 2.44. The zero-order valence-corrected chi connectivity index (χ0v) is 20.3. The summed E-state index contributed by atoms with van der Waals surface area (Å²) in [6.07, 6.45) is 1.54. The molecule has 2 rings (SSSR count). The third-order valence-corrected chi connectivity index (χ3v) is 5.98. The van der Waals surface area contributed by atoms with E-state index in [2.05, 4.69) is 39.7 Å². The fourth-order valence-corrected chi connectivity index (χ4v) is 4.23. The number of esters is 1. The molecule has 1 saturated heterocycles. The Balaban J connectivity index is 2.65. The van der Waals surface area contributed by atoms with Gasteiger partial charge in [-0.2, -0.15) is 0 Å². The predicted molar refractivity (Wildman–Crippen MR) is 118 cm³/mol. The van der Waals surface area contributed by atoms with Crippen LogP contribution in [0.2, 0.25) is 5.15 Å². The van der Waals surface area contributed by atoms with Crippen LogP contribution in [-0.2, 0) is 14.3 Å². The van der Waals surface area contributed by atoms with E-state index in [0.29, 0.717) is 22.0 Å². The number of anilines is 1. The SMILES string of the molecule is CCOC(=O)C(OC(C)(C)C)c1c(Cl)nc(C=O)c(Br)c1N1CCC(C)(C)CC1. The van der Waals surface area contributed by atoms with Crippen molar-refractivity contribution in [3.63, 3.8) is 0 Å². The molecule has 1 aromatic heterocycles. The second-order valence-corrected chi connectivity index (χ2v) is 10.1. The van der Waals surface area contributed by atoms with E-state index in [1.165, 1.54) is 0 Å². The van der Waals surface area contributed by atoms with Gasteiger partial charge in [0.05, 0.1) is 27.9 Å². The molecule has 0 aromatic carbocycles. The van der Waals surface area contributed by atoms with Crippen LogP contribution in [0.5, 0.6) is 0 Å². The lowest BCUT2D eigenvalue weighted by Gasteiger charge is -2.40. The Morgan fingerprint density at radius 2 is 1.93 bits per heavy atom. The molecule has 2 heterocycles. The molecule has 0 radical (unpaired) electrons. The highest BCUT2D eigenvalue weighted by molar-refractivity contribution is 9.10. The Bertz CT molecular complexity index is 767. The number of aldehydes is 1. The quantitative estimate of drug-likeness (QED) is 0.304. The fraction of sp³-hybridized carbons (Fsp3) is 0.667. The molecule has 0 bridgehead atoms. The maximum absolute atomic E-state index is 12.8. The molecular formula is C21H30BrClN2O4. The number of piperidine rings is 1. The summed E-state index contributed by atoms with van der Waals surface area (Å²) in [7, 11) is 0. The molecular weight excluding hydrogens is 460 g/mol. The first-order chi connectivity index (χ1) is 13.4. The van der Waals surface area contributed by atoms with E-state index in [4.69, 9.17) is 21.1 Å². The van der Waals surface area contributed by atoms with Gasteiger partial charge in [-0.15, -0.1) is 0 Å². The van der Waals surface area contributed by atoms with Crippen molar-refractivity contribution in [2.24, 2.45) is 5.41 Å². The van der Waals surface area contributed by atoms with Crippen LogP contribution in [0.3, 0.4) is 0 Å². The smallest absolute Gasteiger partial charge is 0.340 e. The molecule has 1 aromatic rings. The van der Waals surface area contributed by atoms with Gasteiger partial charge >= 0.3 is 5.97 Å². The Labute approximate surface area is 186 Å². The first kappa shape index (κ1) is 24.1. The first-order valence-corrected chi connectivity index (χ1v) is 11.0. The van der Waals surface area contributed by atoms with Crippen molar-refractivity contribution in [3.8, 4) is 0 Å². The van der Waals surface area contributed by atoms with Crippen LogP contribution < -0.4 is 4.90 Å². The number of halogens is 2. The zero-order valence-electron chi connectivity index (χ0n) is 18.0. The number of aromatic nitrogens is 1. The van der Waals surface area contributed by atoms with Crippen molar-refractivity contribution in [1.82, 2.24) is 4.98 Å². The third kappa shape index (κ3) is 5.92. The van der Waals surface area contributed by atoms with Gasteiger partial charge in [-0.25, -0.2) is 9.78 Å². The van der Waals surface area contributed by atoms with Gasteiger partial charge in [0.1, 0.15) is 10.8 Å². The Kier molecular flexibility index (Phi) is 7.74. The van der Waals surface area contributed by atoms with Gasteiger partial charge in [-0.1, -0.05) is 25.4 Å². The number of hydrogen-bond donors (Lipinski definition) is 0. The molecule has 0 aliphatic carbocycles. The highest BCUT2D eigenvalue weighted by Gasteiger charge is 2.37. The summed E-state index contributed by atoms with van der Waals surface area (Å²) in [5, 5.41) is 0.0671. The van der Waals surface area contributed by atoms with Crippen molar-refractivity contribution in [2.75, 3.05) is 24.6 Å². The summed E-state index contributed by atoms with van der Waals surface area (Å²) >= 11 is 10.0. The molecule has 1 aliphatic heterocycles. The molecule has 1 fully saturated rings. The summed E-state index contributed by atoms with van der Waals surface area (Å²) in [5.41, 5.74) is 0.896. The Morgan fingerprint density at radius 3 is 2.41 bits per heavy atom. The van der Waals surface area contributed by atoms with Crippen LogP contribution in [-0.4, -0.2) is 42.5 Å². The third-order valence-electron chi connectivity index (χ3n) is 4.91. The maximum atomic E-state index is 12.8. The van der Waals surface area contributed by atoms with Gasteiger partial charge in [0, 0.05) is 13.1 Å². The first-order valence-electron chi connectivity index (χ1n) is 9.83. The highest BCUT2D eigenvalue weighted by atomic mass is 79.9. The molecule has 1 atom stereocenters. The van der Waals surface area contributed by atoms with Crippen molar-refractivity contribution in [1.29, 1.82) is 0 Å². The van der Waals surface area contributed by atoms with E-state index in [-0.39, 0.29) is 22.9 Å². The molecule has 8 heteroatoms. The lowest BCUT2D eigenvalue weighted by molar-refractivity contribution is -0.166. The van der Waals surface area contributed by atoms with Crippen LogP contribution in [0.25, 0.3) is 0 Å². The minimum absolute atomic E-state index is 0.0671. The van der Waals surface area contributed by atoms with E-state index in [1.54, 1.807) is 6.92 Å². The summed E-state index contributed by atoms with van der Waals surface area (Å²) in [5.74, 6) is -0.532. The standard InChI is InChI=1S/C21H30BrClN2O4/c1-7-28-19(27)17(29-20(2,3)4)14-16(15(22)13(12-26)24-18(14)23)25-10-8-21(5,6)9-11-25/h12,17H,7-11H2,1-6H3. The topological polar surface area (TPSA) is 68.7 Å². The van der Waals surface area contributed by atoms with E-state index in [0.717, 1.165) is 25.9 Å². The second-order valence-electron chi connectivity index (χ2n) is 9.00. The average Bonchev–Trinajstić information content (AvgIpc) is 2.61. The van der Waals surface area contributed by atoms with Crippen LogP contribution in [0.15, 0.2) is 4.47 Å². The molecule has 29 heavy (non-hydrogen) atoms. The molecule has 1 aliphatic rings. The lowest BCUT2D eigenvalue weighted by atomic mass is 9.82. The van der Waals surface area contributed by atoms with Gasteiger partial charge in [-0.05, 0) is 61.9 Å². The van der Waals surface area contributed by atoms with Gasteiger partial charge in [0.25, 0.3) is 0 Å². The van der Waals surface area contributed by atoms with Gasteiger partial charge in [0.15, 0.2) is 12.4 Å². The van der Waals surface area contributed by atoms with Crippen LogP contribution in [0.1, 0.15) is 76.5 Å².